The standard InChI is InChI=1S/C16H22F2N2O2S/c1-10-8-20(9-11(2)22-10)12(3)15(21)19-13-4-6-14(7-5-13)23-16(17)18/h4-7,10-12,16H,8-9H2,1-3H3,(H,19,21)/p+1/t10-,11+,12-/m0/s1. The van der Waals surface area contributed by atoms with Crippen molar-refractivity contribution < 1.29 is 23.2 Å². The zero-order valence-electron chi connectivity index (χ0n) is 13.5. The van der Waals surface area contributed by atoms with Crippen LogP contribution in [-0.4, -0.2) is 43.0 Å². The lowest BCUT2D eigenvalue weighted by Crippen LogP contribution is -3.19. The summed E-state index contributed by atoms with van der Waals surface area (Å²) >= 11 is 0.491. The molecule has 0 bridgehead atoms. The maximum atomic E-state index is 12.4. The van der Waals surface area contributed by atoms with Gasteiger partial charge in [-0.05, 0) is 45.0 Å². The molecular formula is C16H23F2N2O2S+. The van der Waals surface area contributed by atoms with Crippen LogP contribution in [0.2, 0.25) is 0 Å². The number of rotatable bonds is 5. The maximum Gasteiger partial charge on any atom is 0.288 e. The Bertz CT molecular complexity index is 517. The second-order valence-corrected chi connectivity index (χ2v) is 7.00. The Morgan fingerprint density at radius 3 is 2.35 bits per heavy atom. The molecule has 0 radical (unpaired) electrons. The van der Waals surface area contributed by atoms with Gasteiger partial charge in [-0.1, -0.05) is 11.8 Å². The van der Waals surface area contributed by atoms with Crippen LogP contribution in [0.3, 0.4) is 0 Å². The molecule has 1 aromatic rings. The molecule has 1 saturated heterocycles. The van der Waals surface area contributed by atoms with Gasteiger partial charge in [0.05, 0.1) is 0 Å². The van der Waals surface area contributed by atoms with Gasteiger partial charge in [0.1, 0.15) is 25.3 Å². The van der Waals surface area contributed by atoms with Crippen molar-refractivity contribution in [2.24, 2.45) is 0 Å². The summed E-state index contributed by atoms with van der Waals surface area (Å²) in [7, 11) is 0. The van der Waals surface area contributed by atoms with Crippen LogP contribution < -0.4 is 10.2 Å². The molecule has 1 aromatic carbocycles. The molecule has 1 amide bonds. The molecule has 1 unspecified atom stereocenters. The van der Waals surface area contributed by atoms with E-state index in [1.165, 1.54) is 4.90 Å². The van der Waals surface area contributed by atoms with Crippen LogP contribution in [-0.2, 0) is 9.53 Å². The summed E-state index contributed by atoms with van der Waals surface area (Å²) in [5, 5.41) is 2.85. The third kappa shape index (κ3) is 5.44. The quantitative estimate of drug-likeness (QED) is 0.803. The molecule has 0 aromatic heterocycles. The number of nitrogens with one attached hydrogen (secondary N) is 2. The fraction of sp³-hybridized carbons (Fsp3) is 0.562. The fourth-order valence-corrected chi connectivity index (χ4v) is 3.32. The molecule has 2 rings (SSSR count). The summed E-state index contributed by atoms with van der Waals surface area (Å²) in [4.78, 5) is 14.1. The Morgan fingerprint density at radius 1 is 1.26 bits per heavy atom. The first kappa shape index (κ1) is 18.2. The first-order valence-electron chi connectivity index (χ1n) is 7.71. The van der Waals surface area contributed by atoms with E-state index in [-0.39, 0.29) is 24.2 Å². The van der Waals surface area contributed by atoms with Gasteiger partial charge in [0.15, 0.2) is 6.04 Å². The van der Waals surface area contributed by atoms with Gasteiger partial charge in [0, 0.05) is 10.6 Å². The second kappa shape index (κ2) is 8.08. The molecule has 2 N–H and O–H groups in total. The van der Waals surface area contributed by atoms with Gasteiger partial charge in [-0.3, -0.25) is 4.79 Å². The van der Waals surface area contributed by atoms with Gasteiger partial charge in [0.25, 0.3) is 11.7 Å². The number of anilines is 1. The van der Waals surface area contributed by atoms with Gasteiger partial charge in [0.2, 0.25) is 0 Å². The molecule has 4 nitrogen and oxygen atoms in total. The third-order valence-electron chi connectivity index (χ3n) is 3.92. The van der Waals surface area contributed by atoms with Crippen molar-refractivity contribution in [2.45, 2.75) is 49.7 Å². The van der Waals surface area contributed by atoms with Crippen molar-refractivity contribution >= 4 is 23.4 Å². The van der Waals surface area contributed by atoms with Gasteiger partial charge in [-0.25, -0.2) is 0 Å². The first-order valence-corrected chi connectivity index (χ1v) is 8.59. The van der Waals surface area contributed by atoms with Crippen LogP contribution in [0.1, 0.15) is 20.8 Å². The monoisotopic (exact) mass is 345 g/mol. The lowest BCUT2D eigenvalue weighted by molar-refractivity contribution is -0.928. The molecule has 23 heavy (non-hydrogen) atoms. The molecule has 4 atom stereocenters. The van der Waals surface area contributed by atoms with Crippen LogP contribution in [0.15, 0.2) is 29.2 Å². The van der Waals surface area contributed by atoms with E-state index >= 15 is 0 Å². The molecule has 1 fully saturated rings. The minimum absolute atomic E-state index is 0.0736. The summed E-state index contributed by atoms with van der Waals surface area (Å²) in [6.07, 6.45) is 0.268. The molecule has 0 spiro atoms. The predicted molar refractivity (Wildman–Crippen MR) is 87.1 cm³/mol. The van der Waals surface area contributed by atoms with Gasteiger partial charge in [-0.2, -0.15) is 8.78 Å². The number of halogens is 2. The van der Waals surface area contributed by atoms with E-state index in [2.05, 4.69) is 5.32 Å². The smallest absolute Gasteiger partial charge is 0.288 e. The van der Waals surface area contributed by atoms with Crippen molar-refractivity contribution in [1.82, 2.24) is 0 Å². The number of benzene rings is 1. The number of thioether (sulfide) groups is 1. The molecule has 1 aliphatic rings. The highest BCUT2D eigenvalue weighted by Crippen LogP contribution is 2.26. The molecule has 0 aliphatic carbocycles. The van der Waals surface area contributed by atoms with Crippen LogP contribution in [0, 0.1) is 0 Å². The van der Waals surface area contributed by atoms with Crippen LogP contribution in [0.4, 0.5) is 14.5 Å². The zero-order valence-corrected chi connectivity index (χ0v) is 14.3. The van der Waals surface area contributed by atoms with E-state index in [1.54, 1.807) is 24.3 Å². The first-order chi connectivity index (χ1) is 10.8. The van der Waals surface area contributed by atoms with E-state index < -0.39 is 5.76 Å². The molecule has 7 heteroatoms. The highest BCUT2D eigenvalue weighted by atomic mass is 32.2. The van der Waals surface area contributed by atoms with Gasteiger partial charge >= 0.3 is 0 Å². The zero-order chi connectivity index (χ0) is 17.0. The highest BCUT2D eigenvalue weighted by molar-refractivity contribution is 7.99. The number of morpholine rings is 1. The average Bonchev–Trinajstić information content (AvgIpc) is 2.47. The summed E-state index contributed by atoms with van der Waals surface area (Å²) in [6.45, 7) is 7.52. The van der Waals surface area contributed by atoms with Crippen molar-refractivity contribution in [3.63, 3.8) is 0 Å². The van der Waals surface area contributed by atoms with Crippen molar-refractivity contribution in [3.05, 3.63) is 24.3 Å². The van der Waals surface area contributed by atoms with Crippen LogP contribution in [0.25, 0.3) is 0 Å². The topological polar surface area (TPSA) is 42.8 Å². The van der Waals surface area contributed by atoms with Crippen LogP contribution >= 0.6 is 11.8 Å². The van der Waals surface area contributed by atoms with E-state index in [0.29, 0.717) is 22.3 Å². The Labute approximate surface area is 139 Å². The van der Waals surface area contributed by atoms with Crippen LogP contribution in [0.5, 0.6) is 0 Å². The number of quaternary nitrogens is 1. The van der Waals surface area contributed by atoms with Gasteiger partial charge in [-0.15, -0.1) is 0 Å². The Hall–Kier alpha value is -1.18. The van der Waals surface area contributed by atoms with Crippen molar-refractivity contribution in [2.75, 3.05) is 18.4 Å². The Kier molecular flexibility index (Phi) is 6.38. The third-order valence-corrected chi connectivity index (χ3v) is 4.64. The summed E-state index contributed by atoms with van der Waals surface area (Å²) < 4.78 is 30.3. The molecule has 1 aliphatic heterocycles. The number of amides is 1. The minimum Gasteiger partial charge on any atom is -0.364 e. The molecule has 1 heterocycles. The molecule has 128 valence electrons. The number of alkyl halides is 2. The number of carbonyl (C=O) groups is 1. The summed E-state index contributed by atoms with van der Waals surface area (Å²) in [5.74, 6) is -2.51. The highest BCUT2D eigenvalue weighted by Gasteiger charge is 2.32. The fourth-order valence-electron chi connectivity index (χ4n) is 2.82. The summed E-state index contributed by atoms with van der Waals surface area (Å²) in [5.41, 5.74) is 0.620. The lowest BCUT2D eigenvalue weighted by atomic mass is 10.1. The largest absolute Gasteiger partial charge is 0.364 e. The normalized spacial score (nSPS) is 26.1. The van der Waals surface area contributed by atoms with Gasteiger partial charge < -0.3 is 15.0 Å². The Balaban J connectivity index is 1.92. The van der Waals surface area contributed by atoms with E-state index in [9.17, 15) is 13.6 Å². The predicted octanol–water partition coefficient (Wildman–Crippen LogP) is 2.02. The van der Waals surface area contributed by atoms with E-state index in [4.69, 9.17) is 4.74 Å². The van der Waals surface area contributed by atoms with E-state index in [0.717, 1.165) is 13.1 Å². The summed E-state index contributed by atoms with van der Waals surface area (Å²) in [6, 6.07) is 6.27. The number of ether oxygens (including phenoxy) is 1. The minimum atomic E-state index is -2.44. The van der Waals surface area contributed by atoms with E-state index in [1.807, 2.05) is 20.8 Å². The molecule has 0 saturated carbocycles. The van der Waals surface area contributed by atoms with Crippen molar-refractivity contribution in [3.8, 4) is 0 Å². The molecular weight excluding hydrogens is 322 g/mol. The maximum absolute atomic E-state index is 12.4. The SMILES string of the molecule is C[C@@H]1C[NH+]([C@@H](C)C(=O)Nc2ccc(SC(F)F)cc2)C[C@H](C)O1. The second-order valence-electron chi connectivity index (χ2n) is 5.94. The number of carbonyl (C=O) groups excluding carboxylic acids is 1. The number of hydrogen-bond donors (Lipinski definition) is 2. The Morgan fingerprint density at radius 2 is 1.83 bits per heavy atom. The number of hydrogen-bond acceptors (Lipinski definition) is 3. The average molecular weight is 345 g/mol. The lowest BCUT2D eigenvalue weighted by Gasteiger charge is -2.35. The van der Waals surface area contributed by atoms with Crippen molar-refractivity contribution in [1.29, 1.82) is 0 Å².